The number of unbranched alkanes of at least 4 members (excludes halogenated alkanes) is 1. The summed E-state index contributed by atoms with van der Waals surface area (Å²) in [5.41, 5.74) is 0.935. The number of H-pyrrole nitrogens is 1. The number of nitrogens with zero attached hydrogens (tertiary/aromatic N) is 1. The first-order valence-corrected chi connectivity index (χ1v) is 7.30. The van der Waals surface area contributed by atoms with E-state index in [1.807, 2.05) is 0 Å². The van der Waals surface area contributed by atoms with Gasteiger partial charge in [-0.3, -0.25) is 4.79 Å². The molecule has 1 unspecified atom stereocenters. The fraction of sp³-hybridized carbons (Fsp3) is 0.692. The summed E-state index contributed by atoms with van der Waals surface area (Å²) in [5.74, 6) is 1.10. The van der Waals surface area contributed by atoms with Crippen LogP contribution in [0.25, 0.3) is 0 Å². The highest BCUT2D eigenvalue weighted by Crippen LogP contribution is 2.14. The summed E-state index contributed by atoms with van der Waals surface area (Å²) in [6, 6.07) is 0.316. The zero-order valence-electron chi connectivity index (χ0n) is 11.3. The van der Waals surface area contributed by atoms with Gasteiger partial charge >= 0.3 is 0 Å². The summed E-state index contributed by atoms with van der Waals surface area (Å²) in [7, 11) is 0. The van der Waals surface area contributed by atoms with E-state index in [9.17, 15) is 4.79 Å². The monoisotopic (exact) mass is 284 g/mol. The molecule has 1 amide bonds. The van der Waals surface area contributed by atoms with Crippen molar-refractivity contribution in [1.82, 2.24) is 20.6 Å². The molecule has 0 aromatic carbocycles. The van der Waals surface area contributed by atoms with Crippen LogP contribution in [0, 0.1) is 0 Å². The molecular formula is C13H21ClN4O. The third-order valence-electron chi connectivity index (χ3n) is 3.38. The van der Waals surface area contributed by atoms with Crippen molar-refractivity contribution in [3.63, 3.8) is 0 Å². The standard InChI is InChI=1S/C13H21ClN4O/c1-2-3-4-11-17-10(13(14)18-11)8-15-9-5-6-12(19)16-7-9/h9,15H,2-8H2,1H3,(H,16,19)(H,17,18). The molecule has 1 aliphatic heterocycles. The summed E-state index contributed by atoms with van der Waals surface area (Å²) in [4.78, 5) is 18.7. The van der Waals surface area contributed by atoms with Crippen LogP contribution in [-0.4, -0.2) is 28.5 Å². The summed E-state index contributed by atoms with van der Waals surface area (Å²) < 4.78 is 0. The van der Waals surface area contributed by atoms with Crippen molar-refractivity contribution in [3.8, 4) is 0 Å². The van der Waals surface area contributed by atoms with Crippen LogP contribution in [0.5, 0.6) is 0 Å². The summed E-state index contributed by atoms with van der Waals surface area (Å²) in [5, 5.41) is 6.81. The second-order valence-corrected chi connectivity index (χ2v) is 5.34. The summed E-state index contributed by atoms with van der Waals surface area (Å²) in [6.07, 6.45) is 4.67. The van der Waals surface area contributed by atoms with Crippen molar-refractivity contribution < 1.29 is 4.79 Å². The summed E-state index contributed by atoms with van der Waals surface area (Å²) in [6.45, 7) is 3.51. The maximum atomic E-state index is 11.1. The number of imidazole rings is 1. The van der Waals surface area contributed by atoms with E-state index in [4.69, 9.17) is 11.6 Å². The minimum atomic E-state index is 0.138. The smallest absolute Gasteiger partial charge is 0.220 e. The number of aryl methyl sites for hydroxylation is 1. The minimum Gasteiger partial charge on any atom is -0.355 e. The van der Waals surface area contributed by atoms with E-state index in [1.165, 1.54) is 0 Å². The number of hydrogen-bond acceptors (Lipinski definition) is 3. The van der Waals surface area contributed by atoms with Crippen LogP contribution in [-0.2, 0) is 17.8 Å². The Labute approximate surface area is 118 Å². The number of aromatic amines is 1. The van der Waals surface area contributed by atoms with Crippen molar-refractivity contribution >= 4 is 17.5 Å². The van der Waals surface area contributed by atoms with E-state index in [-0.39, 0.29) is 5.91 Å². The van der Waals surface area contributed by atoms with Crippen LogP contribution in [0.15, 0.2) is 0 Å². The maximum Gasteiger partial charge on any atom is 0.220 e. The quantitative estimate of drug-likeness (QED) is 0.746. The average molecular weight is 285 g/mol. The molecule has 19 heavy (non-hydrogen) atoms. The van der Waals surface area contributed by atoms with Gasteiger partial charge in [0.05, 0.1) is 5.69 Å². The van der Waals surface area contributed by atoms with Gasteiger partial charge in [0.2, 0.25) is 5.91 Å². The third kappa shape index (κ3) is 4.21. The van der Waals surface area contributed by atoms with Gasteiger partial charge in [0.15, 0.2) is 5.15 Å². The molecule has 1 fully saturated rings. The Hall–Kier alpha value is -1.07. The molecule has 1 aromatic heterocycles. The molecule has 0 aliphatic carbocycles. The van der Waals surface area contributed by atoms with Crippen LogP contribution < -0.4 is 10.6 Å². The number of carbonyl (C=O) groups is 1. The van der Waals surface area contributed by atoms with Crippen LogP contribution >= 0.6 is 11.6 Å². The fourth-order valence-corrected chi connectivity index (χ4v) is 2.39. The van der Waals surface area contributed by atoms with Crippen molar-refractivity contribution in [2.75, 3.05) is 6.54 Å². The predicted octanol–water partition coefficient (Wildman–Crippen LogP) is 1.77. The molecule has 1 aromatic rings. The molecular weight excluding hydrogens is 264 g/mol. The molecule has 0 saturated carbocycles. The van der Waals surface area contributed by atoms with Crippen molar-refractivity contribution in [2.45, 2.75) is 51.6 Å². The largest absolute Gasteiger partial charge is 0.355 e. The van der Waals surface area contributed by atoms with Gasteiger partial charge in [-0.1, -0.05) is 24.9 Å². The normalized spacial score (nSPS) is 19.5. The molecule has 0 radical (unpaired) electrons. The van der Waals surface area contributed by atoms with Gasteiger partial charge in [-0.05, 0) is 12.8 Å². The Balaban J connectivity index is 1.82. The van der Waals surface area contributed by atoms with Gasteiger partial charge in [-0.25, -0.2) is 4.98 Å². The lowest BCUT2D eigenvalue weighted by Gasteiger charge is -2.23. The lowest BCUT2D eigenvalue weighted by Crippen LogP contribution is -2.45. The Morgan fingerprint density at radius 1 is 1.53 bits per heavy atom. The van der Waals surface area contributed by atoms with E-state index >= 15 is 0 Å². The maximum absolute atomic E-state index is 11.1. The van der Waals surface area contributed by atoms with Crippen LogP contribution in [0.4, 0.5) is 0 Å². The second kappa shape index (κ2) is 6.91. The van der Waals surface area contributed by atoms with Crippen LogP contribution in [0.3, 0.4) is 0 Å². The van der Waals surface area contributed by atoms with Gasteiger partial charge < -0.3 is 15.6 Å². The highest BCUT2D eigenvalue weighted by Gasteiger charge is 2.18. The van der Waals surface area contributed by atoms with E-state index in [2.05, 4.69) is 27.5 Å². The lowest BCUT2D eigenvalue weighted by atomic mass is 10.1. The summed E-state index contributed by atoms with van der Waals surface area (Å²) >= 11 is 6.11. The van der Waals surface area contributed by atoms with Crippen molar-refractivity contribution in [2.24, 2.45) is 0 Å². The predicted molar refractivity (Wildman–Crippen MR) is 75.1 cm³/mol. The second-order valence-electron chi connectivity index (χ2n) is 4.98. The van der Waals surface area contributed by atoms with E-state index in [1.54, 1.807) is 0 Å². The van der Waals surface area contributed by atoms with Crippen molar-refractivity contribution in [3.05, 3.63) is 16.7 Å². The molecule has 5 nitrogen and oxygen atoms in total. The lowest BCUT2D eigenvalue weighted by molar-refractivity contribution is -0.122. The fourth-order valence-electron chi connectivity index (χ4n) is 2.17. The van der Waals surface area contributed by atoms with Gasteiger partial charge in [0, 0.05) is 32.0 Å². The average Bonchev–Trinajstić information content (AvgIpc) is 2.76. The van der Waals surface area contributed by atoms with Crippen LogP contribution in [0.1, 0.15) is 44.1 Å². The molecule has 106 valence electrons. The number of rotatable bonds is 6. The first-order chi connectivity index (χ1) is 9.19. The Morgan fingerprint density at radius 2 is 2.37 bits per heavy atom. The minimum absolute atomic E-state index is 0.138. The van der Waals surface area contributed by atoms with E-state index < -0.39 is 0 Å². The topological polar surface area (TPSA) is 69.8 Å². The van der Waals surface area contributed by atoms with E-state index in [0.29, 0.717) is 30.7 Å². The highest BCUT2D eigenvalue weighted by atomic mass is 35.5. The third-order valence-corrected chi connectivity index (χ3v) is 3.69. The molecule has 3 N–H and O–H groups in total. The number of piperidine rings is 1. The first-order valence-electron chi connectivity index (χ1n) is 6.92. The number of nitrogens with one attached hydrogen (secondary N) is 3. The Morgan fingerprint density at radius 3 is 3.05 bits per heavy atom. The van der Waals surface area contributed by atoms with Gasteiger partial charge in [0.25, 0.3) is 0 Å². The molecule has 2 heterocycles. The molecule has 0 spiro atoms. The molecule has 2 rings (SSSR count). The number of aromatic nitrogens is 2. The molecule has 1 aliphatic rings. The van der Waals surface area contributed by atoms with Crippen LogP contribution in [0.2, 0.25) is 5.15 Å². The number of hydrogen-bond donors (Lipinski definition) is 3. The zero-order chi connectivity index (χ0) is 13.7. The Bertz CT molecular complexity index is 422. The SMILES string of the molecule is CCCCc1nc(Cl)c(CNC2CCC(=O)NC2)[nH]1. The van der Waals surface area contributed by atoms with E-state index in [0.717, 1.165) is 37.2 Å². The zero-order valence-corrected chi connectivity index (χ0v) is 12.0. The molecule has 1 atom stereocenters. The number of halogens is 1. The van der Waals surface area contributed by atoms with Gasteiger partial charge in [-0.15, -0.1) is 0 Å². The highest BCUT2D eigenvalue weighted by molar-refractivity contribution is 6.30. The first kappa shape index (κ1) is 14.3. The van der Waals surface area contributed by atoms with Crippen molar-refractivity contribution in [1.29, 1.82) is 0 Å². The van der Waals surface area contributed by atoms with Gasteiger partial charge in [-0.2, -0.15) is 0 Å². The number of carbonyl (C=O) groups excluding carboxylic acids is 1. The molecule has 1 saturated heterocycles. The molecule has 6 heteroatoms. The number of amides is 1. The molecule has 0 bridgehead atoms. The van der Waals surface area contributed by atoms with Gasteiger partial charge in [0.1, 0.15) is 5.82 Å². The Kier molecular flexibility index (Phi) is 5.22.